The van der Waals surface area contributed by atoms with Gasteiger partial charge in [0.2, 0.25) is 0 Å². The summed E-state index contributed by atoms with van der Waals surface area (Å²) < 4.78 is 0. The van der Waals surface area contributed by atoms with Gasteiger partial charge in [0.05, 0.1) is 0 Å². The van der Waals surface area contributed by atoms with Gasteiger partial charge in [0.1, 0.15) is 0 Å². The number of hydrazine groups is 1. The van der Waals surface area contributed by atoms with Crippen LogP contribution in [0.4, 0.5) is 0 Å². The molecule has 0 fully saturated rings. The molecule has 3 nitrogen and oxygen atoms in total. The van der Waals surface area contributed by atoms with Crippen LogP contribution in [0.2, 0.25) is 0 Å². The number of nitrogens with two attached hydrogens (primary N) is 1. The molecule has 0 aliphatic heterocycles. The molecule has 7 heavy (non-hydrogen) atoms. The zero-order valence-electron chi connectivity index (χ0n) is 3.94. The first-order valence-corrected chi connectivity index (χ1v) is 2.22. The standard InChI is InChI=1S/C3H7ClN2O/c1-2(7)3(4)6-5/h3,6H,5H2,1H3. The molecule has 0 rings (SSSR count). The van der Waals surface area contributed by atoms with E-state index in [1.54, 1.807) is 0 Å². The average molecular weight is 123 g/mol. The Hall–Kier alpha value is -0.120. The highest BCUT2D eigenvalue weighted by atomic mass is 35.5. The van der Waals surface area contributed by atoms with Crippen molar-refractivity contribution in [2.24, 2.45) is 5.84 Å². The van der Waals surface area contributed by atoms with Crippen molar-refractivity contribution in [2.45, 2.75) is 12.4 Å². The molecular weight excluding hydrogens is 115 g/mol. The lowest BCUT2D eigenvalue weighted by molar-refractivity contribution is -0.117. The van der Waals surface area contributed by atoms with Gasteiger partial charge in [-0.2, -0.15) is 0 Å². The van der Waals surface area contributed by atoms with Gasteiger partial charge in [-0.3, -0.25) is 10.6 Å². The summed E-state index contributed by atoms with van der Waals surface area (Å²) >= 11 is 5.21. The number of carbonyl (C=O) groups is 1. The van der Waals surface area contributed by atoms with E-state index < -0.39 is 5.50 Å². The van der Waals surface area contributed by atoms with Gasteiger partial charge in [-0.1, -0.05) is 11.6 Å². The third kappa shape index (κ3) is 2.56. The van der Waals surface area contributed by atoms with Gasteiger partial charge >= 0.3 is 0 Å². The van der Waals surface area contributed by atoms with Crippen LogP contribution in [0.5, 0.6) is 0 Å². The summed E-state index contributed by atoms with van der Waals surface area (Å²) in [4.78, 5) is 10.1. The molecule has 42 valence electrons. The van der Waals surface area contributed by atoms with E-state index in [1.807, 2.05) is 0 Å². The Labute approximate surface area is 46.8 Å². The Morgan fingerprint density at radius 3 is 2.43 bits per heavy atom. The minimum absolute atomic E-state index is 0.177. The average Bonchev–Trinajstić information content (AvgIpc) is 1.65. The van der Waals surface area contributed by atoms with Gasteiger partial charge < -0.3 is 0 Å². The molecule has 0 radical (unpaired) electrons. The van der Waals surface area contributed by atoms with E-state index >= 15 is 0 Å². The number of ketones is 1. The van der Waals surface area contributed by atoms with E-state index in [1.165, 1.54) is 6.92 Å². The van der Waals surface area contributed by atoms with Crippen molar-refractivity contribution >= 4 is 17.4 Å². The zero-order valence-corrected chi connectivity index (χ0v) is 4.70. The zero-order chi connectivity index (χ0) is 5.86. The molecule has 0 aromatic carbocycles. The largest absolute Gasteiger partial charge is 0.297 e. The highest BCUT2D eigenvalue weighted by Gasteiger charge is 2.03. The van der Waals surface area contributed by atoms with Crippen LogP contribution in [0.15, 0.2) is 0 Å². The number of hydrogen-bond acceptors (Lipinski definition) is 3. The molecule has 0 amide bonds. The molecule has 0 bridgehead atoms. The quantitative estimate of drug-likeness (QED) is 0.227. The lowest BCUT2D eigenvalue weighted by atomic mass is 10.5. The lowest BCUT2D eigenvalue weighted by Gasteiger charge is -1.98. The number of nitrogens with one attached hydrogen (secondary N) is 1. The maximum Gasteiger partial charge on any atom is 0.163 e. The fourth-order valence-corrected chi connectivity index (χ4v) is 0.117. The van der Waals surface area contributed by atoms with Crippen LogP contribution in [-0.4, -0.2) is 11.3 Å². The van der Waals surface area contributed by atoms with Gasteiger partial charge in [-0.05, 0) is 6.92 Å². The fourth-order valence-electron chi connectivity index (χ4n) is 0.117. The number of alkyl halides is 1. The van der Waals surface area contributed by atoms with Gasteiger partial charge in [-0.15, -0.1) is 0 Å². The Kier molecular flexibility index (Phi) is 2.91. The topological polar surface area (TPSA) is 55.1 Å². The molecule has 0 spiro atoms. The molecule has 0 aromatic rings. The van der Waals surface area contributed by atoms with Crippen molar-refractivity contribution in [1.82, 2.24) is 5.43 Å². The van der Waals surface area contributed by atoms with Gasteiger partial charge in [0.25, 0.3) is 0 Å². The first-order chi connectivity index (χ1) is 3.18. The predicted octanol–water partition coefficient (Wildman–Crippen LogP) is -0.396. The smallest absolute Gasteiger partial charge is 0.163 e. The molecule has 0 aliphatic carbocycles. The van der Waals surface area contributed by atoms with Crippen LogP contribution in [0.25, 0.3) is 0 Å². The normalized spacial score (nSPS) is 13.6. The van der Waals surface area contributed by atoms with E-state index in [4.69, 9.17) is 17.4 Å². The summed E-state index contributed by atoms with van der Waals surface area (Å²) in [5.74, 6) is 4.59. The van der Waals surface area contributed by atoms with Crippen molar-refractivity contribution in [3.63, 3.8) is 0 Å². The summed E-state index contributed by atoms with van der Waals surface area (Å²) in [6.45, 7) is 1.36. The summed E-state index contributed by atoms with van der Waals surface area (Å²) in [7, 11) is 0. The number of rotatable bonds is 2. The summed E-state index contributed by atoms with van der Waals surface area (Å²) in [6.07, 6.45) is 0. The third-order valence-electron chi connectivity index (χ3n) is 0.503. The molecule has 0 saturated carbocycles. The highest BCUT2D eigenvalue weighted by Crippen LogP contribution is 1.86. The molecular formula is C3H7ClN2O. The van der Waals surface area contributed by atoms with E-state index in [9.17, 15) is 4.79 Å². The summed E-state index contributed by atoms with van der Waals surface area (Å²) in [5, 5.41) is 0. The van der Waals surface area contributed by atoms with Crippen LogP contribution < -0.4 is 11.3 Å². The molecule has 0 saturated heterocycles. The Morgan fingerprint density at radius 2 is 2.43 bits per heavy atom. The number of hydrogen-bond donors (Lipinski definition) is 2. The monoisotopic (exact) mass is 122 g/mol. The first-order valence-electron chi connectivity index (χ1n) is 1.79. The van der Waals surface area contributed by atoms with Crippen LogP contribution >= 0.6 is 11.6 Å². The van der Waals surface area contributed by atoms with E-state index in [-0.39, 0.29) is 5.78 Å². The molecule has 1 unspecified atom stereocenters. The minimum Gasteiger partial charge on any atom is -0.297 e. The molecule has 0 aliphatic rings. The van der Waals surface area contributed by atoms with Crippen LogP contribution in [-0.2, 0) is 4.79 Å². The van der Waals surface area contributed by atoms with Crippen molar-refractivity contribution in [1.29, 1.82) is 0 Å². The van der Waals surface area contributed by atoms with Crippen LogP contribution in [0.1, 0.15) is 6.92 Å². The number of carbonyl (C=O) groups excluding carboxylic acids is 1. The molecule has 4 heteroatoms. The van der Waals surface area contributed by atoms with Crippen molar-refractivity contribution in [2.75, 3.05) is 0 Å². The second-order valence-electron chi connectivity index (χ2n) is 1.14. The molecule has 0 aromatic heterocycles. The molecule has 1 atom stereocenters. The van der Waals surface area contributed by atoms with Crippen molar-refractivity contribution < 1.29 is 4.79 Å². The highest BCUT2D eigenvalue weighted by molar-refractivity contribution is 6.30. The minimum atomic E-state index is -0.736. The van der Waals surface area contributed by atoms with Crippen molar-refractivity contribution in [3.05, 3.63) is 0 Å². The first kappa shape index (κ1) is 6.88. The van der Waals surface area contributed by atoms with E-state index in [0.29, 0.717) is 0 Å². The summed E-state index contributed by atoms with van der Waals surface area (Å²) in [5.41, 5.74) is 1.34. The maximum absolute atomic E-state index is 10.1. The van der Waals surface area contributed by atoms with Gasteiger partial charge in [0.15, 0.2) is 11.3 Å². The number of Topliss-reactive ketones (excluding diaryl/α,β-unsaturated/α-hetero) is 1. The summed E-state index contributed by atoms with van der Waals surface area (Å²) in [6, 6.07) is 0. The second-order valence-corrected chi connectivity index (χ2v) is 1.58. The van der Waals surface area contributed by atoms with Gasteiger partial charge in [-0.25, -0.2) is 5.43 Å². The third-order valence-corrected chi connectivity index (χ3v) is 0.937. The Bertz CT molecular complexity index is 75.3. The van der Waals surface area contributed by atoms with Gasteiger partial charge in [0, 0.05) is 0 Å². The number of halogens is 1. The fraction of sp³-hybridized carbons (Fsp3) is 0.667. The van der Waals surface area contributed by atoms with E-state index in [0.717, 1.165) is 0 Å². The predicted molar refractivity (Wildman–Crippen MR) is 27.6 cm³/mol. The lowest BCUT2D eigenvalue weighted by Crippen LogP contribution is -2.35. The van der Waals surface area contributed by atoms with Crippen LogP contribution in [0.3, 0.4) is 0 Å². The SMILES string of the molecule is CC(=O)C(Cl)NN. The molecule has 3 N–H and O–H groups in total. The Balaban J connectivity index is 3.34. The van der Waals surface area contributed by atoms with E-state index in [2.05, 4.69) is 5.43 Å². The molecule has 0 heterocycles. The second kappa shape index (κ2) is 2.96. The van der Waals surface area contributed by atoms with Crippen molar-refractivity contribution in [3.8, 4) is 0 Å². The Morgan fingerprint density at radius 1 is 2.00 bits per heavy atom. The van der Waals surface area contributed by atoms with Crippen LogP contribution in [0, 0.1) is 0 Å². The maximum atomic E-state index is 10.1.